The van der Waals surface area contributed by atoms with Gasteiger partial charge in [-0.3, -0.25) is 0 Å². The molecule has 1 saturated carbocycles. The Morgan fingerprint density at radius 1 is 1.50 bits per heavy atom. The second-order valence-corrected chi connectivity index (χ2v) is 4.19. The van der Waals surface area contributed by atoms with E-state index in [4.69, 9.17) is 14.2 Å². The molecule has 1 aliphatic heterocycles. The van der Waals surface area contributed by atoms with Crippen molar-refractivity contribution < 1.29 is 19.0 Å². The Labute approximate surface area is 95.6 Å². The van der Waals surface area contributed by atoms with Gasteiger partial charge in [-0.2, -0.15) is 0 Å². The number of ether oxygens (including phenoxy) is 3. The number of hydrogen-bond acceptors (Lipinski definition) is 4. The van der Waals surface area contributed by atoms with Crippen LogP contribution < -0.4 is 0 Å². The van der Waals surface area contributed by atoms with E-state index in [2.05, 4.69) is 0 Å². The maximum absolute atomic E-state index is 11.3. The zero-order chi connectivity index (χ0) is 11.4. The van der Waals surface area contributed by atoms with Crippen LogP contribution in [0.15, 0.2) is 11.6 Å². The molecule has 0 aromatic carbocycles. The highest BCUT2D eigenvalue weighted by molar-refractivity contribution is 5.82. The third-order valence-electron chi connectivity index (χ3n) is 2.97. The molecule has 0 atom stereocenters. The van der Waals surface area contributed by atoms with Gasteiger partial charge >= 0.3 is 5.97 Å². The molecular weight excluding hydrogens is 208 g/mol. The molecular formula is C12H18O4. The summed E-state index contributed by atoms with van der Waals surface area (Å²) in [6.07, 6.45) is 5.16. The zero-order valence-corrected chi connectivity index (χ0v) is 9.66. The Bertz CT molecular complexity index is 289. The van der Waals surface area contributed by atoms with Gasteiger partial charge in [0.1, 0.15) is 0 Å². The minimum absolute atomic E-state index is 0.257. The van der Waals surface area contributed by atoms with Crippen LogP contribution in [0.4, 0.5) is 0 Å². The summed E-state index contributed by atoms with van der Waals surface area (Å²) in [6, 6.07) is 0. The van der Waals surface area contributed by atoms with Crippen LogP contribution in [-0.4, -0.2) is 31.6 Å². The normalized spacial score (nSPS) is 26.2. The Morgan fingerprint density at radius 3 is 2.94 bits per heavy atom. The average Bonchev–Trinajstić information content (AvgIpc) is 2.66. The molecule has 0 radical (unpaired) electrons. The van der Waals surface area contributed by atoms with Crippen molar-refractivity contribution in [1.82, 2.24) is 0 Å². The standard InChI is InChI=1S/C12H18O4/c1-2-14-11(13)8-10-4-3-5-12(9-10)15-6-7-16-12/h8H,2-7,9H2,1H3/b10-8-. The van der Waals surface area contributed by atoms with Crippen LogP contribution in [0.3, 0.4) is 0 Å². The van der Waals surface area contributed by atoms with Crippen LogP contribution in [0.25, 0.3) is 0 Å². The molecule has 1 spiro atoms. The highest BCUT2D eigenvalue weighted by Crippen LogP contribution is 2.38. The first-order chi connectivity index (χ1) is 7.74. The van der Waals surface area contributed by atoms with Gasteiger partial charge in [-0.15, -0.1) is 0 Å². The van der Waals surface area contributed by atoms with Crippen molar-refractivity contribution in [1.29, 1.82) is 0 Å². The summed E-state index contributed by atoms with van der Waals surface area (Å²) in [7, 11) is 0. The minimum atomic E-state index is -0.448. The van der Waals surface area contributed by atoms with E-state index < -0.39 is 5.79 Å². The molecule has 0 unspecified atom stereocenters. The van der Waals surface area contributed by atoms with Crippen LogP contribution in [0, 0.1) is 0 Å². The fourth-order valence-corrected chi connectivity index (χ4v) is 2.32. The fourth-order valence-electron chi connectivity index (χ4n) is 2.32. The molecule has 0 bridgehead atoms. The number of carbonyl (C=O) groups excluding carboxylic acids is 1. The molecule has 0 amide bonds. The molecule has 1 aliphatic carbocycles. The van der Waals surface area contributed by atoms with Gasteiger partial charge in [0.15, 0.2) is 5.79 Å². The number of hydrogen-bond donors (Lipinski definition) is 0. The predicted molar refractivity (Wildman–Crippen MR) is 57.8 cm³/mol. The van der Waals surface area contributed by atoms with Crippen LogP contribution in [0.2, 0.25) is 0 Å². The van der Waals surface area contributed by atoms with E-state index in [1.807, 2.05) is 6.92 Å². The lowest BCUT2D eigenvalue weighted by molar-refractivity contribution is -0.167. The van der Waals surface area contributed by atoms with E-state index in [9.17, 15) is 4.79 Å². The Morgan fingerprint density at radius 2 is 2.25 bits per heavy atom. The summed E-state index contributed by atoms with van der Waals surface area (Å²) in [5.41, 5.74) is 1.08. The highest BCUT2D eigenvalue weighted by Gasteiger charge is 2.39. The van der Waals surface area contributed by atoms with E-state index in [0.717, 1.165) is 24.8 Å². The van der Waals surface area contributed by atoms with Crippen LogP contribution in [-0.2, 0) is 19.0 Å². The third-order valence-corrected chi connectivity index (χ3v) is 2.97. The van der Waals surface area contributed by atoms with E-state index >= 15 is 0 Å². The van der Waals surface area contributed by atoms with Gasteiger partial charge in [-0.1, -0.05) is 5.57 Å². The van der Waals surface area contributed by atoms with Crippen molar-refractivity contribution in [3.8, 4) is 0 Å². The molecule has 0 aromatic heterocycles. The molecule has 2 aliphatic rings. The lowest BCUT2D eigenvalue weighted by atomic mass is 9.89. The first-order valence-electron chi connectivity index (χ1n) is 5.88. The summed E-state index contributed by atoms with van der Waals surface area (Å²) in [6.45, 7) is 3.54. The van der Waals surface area contributed by atoms with Gasteiger partial charge < -0.3 is 14.2 Å². The average molecular weight is 226 g/mol. The lowest BCUT2D eigenvalue weighted by Gasteiger charge is -2.32. The van der Waals surface area contributed by atoms with Gasteiger partial charge in [0.2, 0.25) is 0 Å². The van der Waals surface area contributed by atoms with Crippen molar-refractivity contribution in [2.24, 2.45) is 0 Å². The molecule has 16 heavy (non-hydrogen) atoms. The van der Waals surface area contributed by atoms with Gasteiger partial charge in [0.05, 0.1) is 19.8 Å². The largest absolute Gasteiger partial charge is 0.463 e. The highest BCUT2D eigenvalue weighted by atomic mass is 16.7. The molecule has 4 nitrogen and oxygen atoms in total. The van der Waals surface area contributed by atoms with Crippen molar-refractivity contribution in [3.63, 3.8) is 0 Å². The summed E-state index contributed by atoms with van der Waals surface area (Å²) in [5, 5.41) is 0. The van der Waals surface area contributed by atoms with Crippen molar-refractivity contribution >= 4 is 5.97 Å². The maximum Gasteiger partial charge on any atom is 0.330 e. The lowest BCUT2D eigenvalue weighted by Crippen LogP contribution is -2.33. The van der Waals surface area contributed by atoms with Crippen molar-refractivity contribution in [3.05, 3.63) is 11.6 Å². The molecule has 1 saturated heterocycles. The molecule has 2 fully saturated rings. The molecule has 0 N–H and O–H groups in total. The van der Waals surface area contributed by atoms with Gasteiger partial charge in [0.25, 0.3) is 0 Å². The molecule has 1 heterocycles. The molecule has 4 heteroatoms. The smallest absolute Gasteiger partial charge is 0.330 e. The summed E-state index contributed by atoms with van der Waals surface area (Å²) in [4.78, 5) is 11.3. The van der Waals surface area contributed by atoms with Gasteiger partial charge in [0, 0.05) is 18.9 Å². The predicted octanol–water partition coefficient (Wildman–Crippen LogP) is 1.79. The Kier molecular flexibility index (Phi) is 3.61. The maximum atomic E-state index is 11.3. The van der Waals surface area contributed by atoms with Crippen molar-refractivity contribution in [2.45, 2.75) is 38.4 Å². The summed E-state index contributed by atoms with van der Waals surface area (Å²) < 4.78 is 16.2. The quantitative estimate of drug-likeness (QED) is 0.532. The van der Waals surface area contributed by atoms with Crippen molar-refractivity contribution in [2.75, 3.05) is 19.8 Å². The minimum Gasteiger partial charge on any atom is -0.463 e. The van der Waals surface area contributed by atoms with Crippen LogP contribution in [0.1, 0.15) is 32.6 Å². The Hall–Kier alpha value is -0.870. The number of carbonyl (C=O) groups is 1. The molecule has 90 valence electrons. The van der Waals surface area contributed by atoms with Gasteiger partial charge in [-0.05, 0) is 19.8 Å². The zero-order valence-electron chi connectivity index (χ0n) is 9.66. The summed E-state index contributed by atoms with van der Waals surface area (Å²) >= 11 is 0. The monoisotopic (exact) mass is 226 g/mol. The summed E-state index contributed by atoms with van der Waals surface area (Å²) in [5.74, 6) is -0.705. The fraction of sp³-hybridized carbons (Fsp3) is 0.750. The second kappa shape index (κ2) is 4.97. The first kappa shape index (κ1) is 11.6. The Balaban J connectivity index is 1.98. The third kappa shape index (κ3) is 2.62. The van der Waals surface area contributed by atoms with E-state index in [1.54, 1.807) is 6.08 Å². The first-order valence-corrected chi connectivity index (χ1v) is 5.88. The van der Waals surface area contributed by atoms with Crippen LogP contribution >= 0.6 is 0 Å². The topological polar surface area (TPSA) is 44.8 Å². The number of esters is 1. The van der Waals surface area contributed by atoms with Gasteiger partial charge in [-0.25, -0.2) is 4.79 Å². The SMILES string of the molecule is CCOC(=O)/C=C1/CCCC2(C1)OCCO2. The van der Waals surface area contributed by atoms with E-state index in [1.165, 1.54) is 0 Å². The van der Waals surface area contributed by atoms with E-state index in [0.29, 0.717) is 26.2 Å². The molecule has 0 aromatic rings. The van der Waals surface area contributed by atoms with Crippen LogP contribution in [0.5, 0.6) is 0 Å². The molecule has 2 rings (SSSR count). The van der Waals surface area contributed by atoms with E-state index in [-0.39, 0.29) is 5.97 Å². The second-order valence-electron chi connectivity index (χ2n) is 4.19. The number of rotatable bonds is 2.